The molecule has 0 saturated carbocycles. The van der Waals surface area contributed by atoms with Crippen LogP contribution in [0.25, 0.3) is 0 Å². The Morgan fingerprint density at radius 2 is 1.85 bits per heavy atom. The first-order valence-corrected chi connectivity index (χ1v) is 10.8. The van der Waals surface area contributed by atoms with Crippen molar-refractivity contribution < 1.29 is 27.4 Å². The van der Waals surface area contributed by atoms with Crippen molar-refractivity contribution in [2.45, 2.75) is 24.7 Å². The van der Waals surface area contributed by atoms with Crippen molar-refractivity contribution in [1.29, 1.82) is 0 Å². The van der Waals surface area contributed by atoms with Crippen molar-refractivity contribution in [3.05, 3.63) is 63.8 Å². The second-order valence-electron chi connectivity index (χ2n) is 7.54. The zero-order chi connectivity index (χ0) is 24.6. The Morgan fingerprint density at radius 3 is 2.50 bits per heavy atom. The quantitative estimate of drug-likeness (QED) is 0.428. The van der Waals surface area contributed by atoms with Gasteiger partial charge in [0.05, 0.1) is 31.0 Å². The van der Waals surface area contributed by atoms with E-state index in [-0.39, 0.29) is 28.6 Å². The number of alkyl halides is 3. The van der Waals surface area contributed by atoms with E-state index in [1.165, 1.54) is 38.5 Å². The zero-order valence-corrected chi connectivity index (χ0v) is 19.4. The van der Waals surface area contributed by atoms with Gasteiger partial charge >= 0.3 is 6.18 Å². The minimum atomic E-state index is -4.59. The molecule has 3 aromatic rings. The lowest BCUT2D eigenvalue weighted by Crippen LogP contribution is -2.35. The van der Waals surface area contributed by atoms with E-state index in [0.29, 0.717) is 22.1 Å². The number of nitrogens with one attached hydrogen (secondary N) is 2. The molecule has 2 heterocycles. The van der Waals surface area contributed by atoms with Gasteiger partial charge in [-0.05, 0) is 35.9 Å². The largest absolute Gasteiger partial charge is 0.493 e. The summed E-state index contributed by atoms with van der Waals surface area (Å²) in [5.41, 5.74) is 0.625. The van der Waals surface area contributed by atoms with Gasteiger partial charge in [-0.3, -0.25) is 4.79 Å². The van der Waals surface area contributed by atoms with Gasteiger partial charge in [0.15, 0.2) is 23.2 Å². The molecule has 2 N–H and O–H groups in total. The van der Waals surface area contributed by atoms with Crippen LogP contribution >= 0.6 is 23.2 Å². The van der Waals surface area contributed by atoms with Gasteiger partial charge in [0.2, 0.25) is 0 Å². The number of aromatic nitrogens is 2. The number of carbonyl (C=O) groups excluding carboxylic acids is 1. The maximum Gasteiger partial charge on any atom is 0.410 e. The molecule has 4 rings (SSSR count). The Kier molecular flexibility index (Phi) is 6.55. The number of halogens is 5. The molecule has 1 aliphatic rings. The molecule has 0 radical (unpaired) electrons. The van der Waals surface area contributed by atoms with Gasteiger partial charge in [0.25, 0.3) is 5.91 Å². The summed E-state index contributed by atoms with van der Waals surface area (Å²) in [6.45, 7) is 0. The maximum atomic E-state index is 14.0. The van der Waals surface area contributed by atoms with E-state index in [4.69, 9.17) is 32.7 Å². The number of hydrogen-bond donors (Lipinski definition) is 2. The molecule has 1 amide bonds. The zero-order valence-electron chi connectivity index (χ0n) is 17.9. The molecule has 0 spiro atoms. The predicted molar refractivity (Wildman–Crippen MR) is 122 cm³/mol. The third-order valence-corrected chi connectivity index (χ3v) is 5.96. The lowest BCUT2D eigenvalue weighted by Gasteiger charge is -2.33. The second kappa shape index (κ2) is 9.27. The predicted octanol–water partition coefficient (Wildman–Crippen LogP) is 6.12. The van der Waals surface area contributed by atoms with Gasteiger partial charge in [-0.2, -0.15) is 18.3 Å². The van der Waals surface area contributed by atoms with Crippen molar-refractivity contribution in [2.75, 3.05) is 24.9 Å². The Bertz CT molecular complexity index is 1230. The minimum Gasteiger partial charge on any atom is -0.493 e. The molecule has 34 heavy (non-hydrogen) atoms. The number of benzene rings is 2. The molecule has 1 aliphatic heterocycles. The summed E-state index contributed by atoms with van der Waals surface area (Å²) in [7, 11) is 2.92. The number of amides is 1. The highest BCUT2D eigenvalue weighted by Crippen LogP contribution is 2.44. The van der Waals surface area contributed by atoms with Crippen LogP contribution < -0.4 is 20.1 Å². The average Bonchev–Trinajstić information content (AvgIpc) is 3.23. The Hall–Kier alpha value is -3.11. The van der Waals surface area contributed by atoms with Gasteiger partial charge in [-0.1, -0.05) is 29.3 Å². The molecule has 180 valence electrons. The highest BCUT2D eigenvalue weighted by atomic mass is 35.5. The molecule has 0 aliphatic carbocycles. The molecule has 0 saturated heterocycles. The molecular weight excluding hydrogens is 496 g/mol. The van der Waals surface area contributed by atoms with Gasteiger partial charge < -0.3 is 20.1 Å². The number of nitrogens with zero attached hydrogens (tertiary/aromatic N) is 2. The number of rotatable bonds is 5. The Balaban J connectivity index is 1.65. The fourth-order valence-corrected chi connectivity index (χ4v) is 4.21. The van der Waals surface area contributed by atoms with Crippen LogP contribution in [0.4, 0.5) is 24.7 Å². The molecule has 12 heteroatoms. The lowest BCUT2D eigenvalue weighted by molar-refractivity contribution is -0.173. The molecule has 0 fully saturated rings. The van der Waals surface area contributed by atoms with Crippen LogP contribution in [0.5, 0.6) is 11.5 Å². The monoisotopic (exact) mass is 514 g/mol. The summed E-state index contributed by atoms with van der Waals surface area (Å²) in [5, 5.41) is 10.1. The third-order valence-electron chi connectivity index (χ3n) is 5.41. The van der Waals surface area contributed by atoms with E-state index in [0.717, 1.165) is 4.68 Å². The van der Waals surface area contributed by atoms with Crippen LogP contribution in [0, 0.1) is 0 Å². The van der Waals surface area contributed by atoms with E-state index in [1.807, 2.05) is 0 Å². The molecule has 0 bridgehead atoms. The summed E-state index contributed by atoms with van der Waals surface area (Å²) in [5.74, 6) is 0.195. The average molecular weight is 515 g/mol. The number of methoxy groups -OCH3 is 2. The van der Waals surface area contributed by atoms with E-state index in [2.05, 4.69) is 15.7 Å². The highest BCUT2D eigenvalue weighted by Gasteiger charge is 2.47. The first kappa shape index (κ1) is 24.0. The third kappa shape index (κ3) is 4.74. The molecular formula is C22H19Cl2F3N4O3. The smallest absolute Gasteiger partial charge is 0.410 e. The van der Waals surface area contributed by atoms with Crippen LogP contribution in [0.15, 0.2) is 42.5 Å². The summed E-state index contributed by atoms with van der Waals surface area (Å²) in [4.78, 5) is 12.7. The topological polar surface area (TPSA) is 77.4 Å². The molecule has 2 aromatic carbocycles. The standard InChI is InChI=1S/C22H19Cl2F3N4O3/c1-33-17-6-3-11(7-18(17)34-2)15-9-19(22(25,26)27)31-20(28-15)10-16(30-31)21(32)29-14-5-4-12(23)8-13(14)24/h3-8,10,15,19,28H,9H2,1-2H3,(H,29,32)/t15-,19+/m1/s1. The van der Waals surface area contributed by atoms with Crippen molar-refractivity contribution in [3.8, 4) is 11.5 Å². The maximum absolute atomic E-state index is 14.0. The van der Waals surface area contributed by atoms with Gasteiger partial charge in [-0.15, -0.1) is 0 Å². The fourth-order valence-electron chi connectivity index (χ4n) is 3.75. The number of anilines is 2. The van der Waals surface area contributed by atoms with Gasteiger partial charge in [0, 0.05) is 17.5 Å². The van der Waals surface area contributed by atoms with Gasteiger partial charge in [0.1, 0.15) is 5.82 Å². The first-order valence-electron chi connectivity index (χ1n) is 10.0. The van der Waals surface area contributed by atoms with Crippen molar-refractivity contribution >= 4 is 40.6 Å². The minimum absolute atomic E-state index is 0.0562. The number of hydrogen-bond acceptors (Lipinski definition) is 5. The summed E-state index contributed by atoms with van der Waals surface area (Å²) >= 11 is 11.9. The van der Waals surface area contributed by atoms with Crippen LogP contribution in [-0.2, 0) is 0 Å². The number of fused-ring (bicyclic) bond motifs is 1. The van der Waals surface area contributed by atoms with Crippen LogP contribution in [0.2, 0.25) is 10.0 Å². The van der Waals surface area contributed by atoms with Crippen molar-refractivity contribution in [1.82, 2.24) is 9.78 Å². The summed E-state index contributed by atoms with van der Waals surface area (Å²) in [6.07, 6.45) is -4.93. The van der Waals surface area contributed by atoms with Crippen LogP contribution in [0.1, 0.15) is 34.6 Å². The number of ether oxygens (including phenoxy) is 2. The summed E-state index contributed by atoms with van der Waals surface area (Å²) in [6, 6.07) is 7.97. The number of carbonyl (C=O) groups is 1. The fraction of sp³-hybridized carbons (Fsp3) is 0.273. The molecule has 7 nitrogen and oxygen atoms in total. The van der Waals surface area contributed by atoms with E-state index >= 15 is 0 Å². The van der Waals surface area contributed by atoms with Crippen molar-refractivity contribution in [3.63, 3.8) is 0 Å². The van der Waals surface area contributed by atoms with Crippen LogP contribution in [-0.4, -0.2) is 36.1 Å². The first-order chi connectivity index (χ1) is 16.1. The summed E-state index contributed by atoms with van der Waals surface area (Å²) < 4.78 is 53.1. The van der Waals surface area contributed by atoms with Crippen LogP contribution in [0.3, 0.4) is 0 Å². The normalized spacial score (nSPS) is 17.5. The van der Waals surface area contributed by atoms with E-state index in [1.54, 1.807) is 18.2 Å². The van der Waals surface area contributed by atoms with E-state index in [9.17, 15) is 18.0 Å². The highest BCUT2D eigenvalue weighted by molar-refractivity contribution is 6.36. The second-order valence-corrected chi connectivity index (χ2v) is 8.39. The molecule has 0 unspecified atom stereocenters. The SMILES string of the molecule is COc1ccc([C@H]2C[C@@H](C(F)(F)F)n3nc(C(=O)Nc4ccc(Cl)cc4Cl)cc3N2)cc1OC. The Labute approximate surface area is 202 Å². The molecule has 1 aromatic heterocycles. The van der Waals surface area contributed by atoms with E-state index < -0.39 is 24.2 Å². The van der Waals surface area contributed by atoms with Crippen molar-refractivity contribution in [2.24, 2.45) is 0 Å². The Morgan fingerprint density at radius 1 is 1.12 bits per heavy atom. The molecule has 2 atom stereocenters. The van der Waals surface area contributed by atoms with Gasteiger partial charge in [-0.25, -0.2) is 4.68 Å². The lowest BCUT2D eigenvalue weighted by atomic mass is 9.96.